The van der Waals surface area contributed by atoms with Crippen LogP contribution in [0.4, 0.5) is 0 Å². The molecule has 2 rings (SSSR count). The number of hydrogen-bond donors (Lipinski definition) is 1. The van der Waals surface area contributed by atoms with Crippen LogP contribution in [0.25, 0.3) is 0 Å². The second-order valence-corrected chi connectivity index (χ2v) is 8.95. The zero-order valence-corrected chi connectivity index (χ0v) is 15.3. The zero-order chi connectivity index (χ0) is 13.1. The highest BCUT2D eigenvalue weighted by molar-refractivity contribution is 9.12. The number of carbonyl (C=O) groups excluding carboxylic acids is 1. The van der Waals surface area contributed by atoms with Crippen LogP contribution in [-0.4, -0.2) is 17.8 Å². The molecule has 1 aliphatic rings. The van der Waals surface area contributed by atoms with Crippen molar-refractivity contribution in [3.63, 3.8) is 0 Å². The third-order valence-electron chi connectivity index (χ3n) is 3.44. The maximum Gasteiger partial charge on any atom is 0.253 e. The van der Waals surface area contributed by atoms with Crippen LogP contribution < -0.4 is 5.32 Å². The van der Waals surface area contributed by atoms with E-state index in [1.807, 2.05) is 6.07 Å². The number of amides is 1. The summed E-state index contributed by atoms with van der Waals surface area (Å²) in [7, 11) is 0. The third kappa shape index (κ3) is 3.58. The van der Waals surface area contributed by atoms with E-state index in [1.54, 1.807) is 0 Å². The van der Waals surface area contributed by atoms with Crippen molar-refractivity contribution < 1.29 is 4.79 Å². The molecule has 0 bridgehead atoms. The van der Waals surface area contributed by atoms with Gasteiger partial charge in [0.05, 0.1) is 13.1 Å². The van der Waals surface area contributed by atoms with Crippen molar-refractivity contribution in [2.24, 2.45) is 11.8 Å². The molecule has 1 N–H and O–H groups in total. The van der Waals surface area contributed by atoms with E-state index >= 15 is 0 Å². The number of hydrogen-bond acceptors (Lipinski definition) is 2. The molecule has 6 heteroatoms. The van der Waals surface area contributed by atoms with Gasteiger partial charge >= 0.3 is 0 Å². The summed E-state index contributed by atoms with van der Waals surface area (Å²) in [6, 6.07) is 1.86. The Balaban J connectivity index is 1.90. The Morgan fingerprint density at radius 1 is 1.39 bits per heavy atom. The Morgan fingerprint density at radius 2 is 2.11 bits per heavy atom. The van der Waals surface area contributed by atoms with Gasteiger partial charge in [-0.05, 0) is 62.6 Å². The molecule has 2 atom stereocenters. The molecule has 100 valence electrons. The lowest BCUT2D eigenvalue weighted by atomic mass is 9.98. The molecule has 1 fully saturated rings. The first-order valence-corrected chi connectivity index (χ1v) is 9.43. The summed E-state index contributed by atoms with van der Waals surface area (Å²) in [6.07, 6.45) is 3.79. The number of halogens is 3. The molecule has 2 unspecified atom stereocenters. The lowest BCUT2D eigenvalue weighted by molar-refractivity contribution is 0.0944. The quantitative estimate of drug-likeness (QED) is 0.643. The van der Waals surface area contributed by atoms with E-state index in [0.717, 1.165) is 25.0 Å². The fourth-order valence-corrected chi connectivity index (χ4v) is 6.05. The van der Waals surface area contributed by atoms with Crippen molar-refractivity contribution in [2.75, 3.05) is 11.9 Å². The summed E-state index contributed by atoms with van der Waals surface area (Å²) in [5, 5.41) is 4.10. The number of alkyl halides is 1. The van der Waals surface area contributed by atoms with E-state index in [2.05, 4.69) is 53.1 Å². The Morgan fingerprint density at radius 3 is 2.72 bits per heavy atom. The highest BCUT2D eigenvalue weighted by Crippen LogP contribution is 2.33. The average Bonchev–Trinajstić information content (AvgIpc) is 2.92. The van der Waals surface area contributed by atoms with E-state index in [0.29, 0.717) is 11.8 Å². The molecule has 1 aromatic heterocycles. The number of carbonyl (C=O) groups is 1. The largest absolute Gasteiger partial charge is 0.352 e. The Bertz CT molecular complexity index is 435. The van der Waals surface area contributed by atoms with E-state index in [4.69, 9.17) is 0 Å². The fraction of sp³-hybridized carbons (Fsp3) is 0.583. The van der Waals surface area contributed by atoms with Crippen molar-refractivity contribution >= 4 is 65.0 Å². The summed E-state index contributed by atoms with van der Waals surface area (Å²) in [6.45, 7) is 0.787. The minimum absolute atomic E-state index is 0.0176. The van der Waals surface area contributed by atoms with Gasteiger partial charge in [-0.3, -0.25) is 4.79 Å². The summed E-state index contributed by atoms with van der Waals surface area (Å²) >= 11 is 11.9. The SMILES string of the molecule is O=C(NCC1CCCC1CBr)c1cc(Br)sc1Br. The second kappa shape index (κ2) is 6.86. The van der Waals surface area contributed by atoms with Gasteiger partial charge < -0.3 is 5.32 Å². The van der Waals surface area contributed by atoms with Crippen LogP contribution in [0.15, 0.2) is 13.6 Å². The monoisotopic (exact) mass is 457 g/mol. The number of nitrogens with one attached hydrogen (secondary N) is 1. The molecule has 2 nitrogen and oxygen atoms in total. The van der Waals surface area contributed by atoms with Crippen molar-refractivity contribution in [1.29, 1.82) is 0 Å². The molecule has 1 saturated carbocycles. The van der Waals surface area contributed by atoms with E-state index in [9.17, 15) is 4.79 Å². The standard InChI is InChI=1S/C12H14Br3NOS/c13-5-7-2-1-3-8(7)6-16-12(17)9-4-10(14)18-11(9)15/h4,7-8H,1-3,5-6H2,(H,16,17). The predicted molar refractivity (Wildman–Crippen MR) is 86.7 cm³/mol. The van der Waals surface area contributed by atoms with E-state index in [1.165, 1.54) is 30.6 Å². The van der Waals surface area contributed by atoms with Crippen LogP contribution in [0.2, 0.25) is 0 Å². The van der Waals surface area contributed by atoms with Crippen LogP contribution in [0.3, 0.4) is 0 Å². The van der Waals surface area contributed by atoms with Crippen molar-refractivity contribution in [1.82, 2.24) is 5.32 Å². The zero-order valence-electron chi connectivity index (χ0n) is 9.72. The average molecular weight is 460 g/mol. The van der Waals surface area contributed by atoms with Crippen molar-refractivity contribution in [3.8, 4) is 0 Å². The minimum atomic E-state index is 0.0176. The van der Waals surface area contributed by atoms with Crippen LogP contribution in [-0.2, 0) is 0 Å². The Labute approximate surface area is 136 Å². The lowest BCUT2D eigenvalue weighted by Gasteiger charge is -2.17. The first kappa shape index (κ1) is 15.0. The highest BCUT2D eigenvalue weighted by atomic mass is 79.9. The minimum Gasteiger partial charge on any atom is -0.352 e. The number of thiophene rings is 1. The Hall–Kier alpha value is 0.610. The molecule has 1 aliphatic carbocycles. The first-order valence-electron chi connectivity index (χ1n) is 5.90. The normalized spacial score (nSPS) is 23.3. The van der Waals surface area contributed by atoms with Gasteiger partial charge in [0.25, 0.3) is 5.91 Å². The predicted octanol–water partition coefficient (Wildman–Crippen LogP) is 4.81. The summed E-state index contributed by atoms with van der Waals surface area (Å²) in [4.78, 5) is 12.1. The van der Waals surface area contributed by atoms with Crippen LogP contribution in [0, 0.1) is 11.8 Å². The maximum atomic E-state index is 12.1. The van der Waals surface area contributed by atoms with E-state index < -0.39 is 0 Å². The third-order valence-corrected chi connectivity index (χ3v) is 6.61. The number of rotatable bonds is 4. The molecule has 0 saturated heterocycles. The van der Waals surface area contributed by atoms with Crippen LogP contribution >= 0.6 is 59.1 Å². The lowest BCUT2D eigenvalue weighted by Crippen LogP contribution is -2.31. The molecular weight excluding hydrogens is 446 g/mol. The van der Waals surface area contributed by atoms with Gasteiger partial charge in [0, 0.05) is 11.9 Å². The molecule has 0 aliphatic heterocycles. The molecule has 1 amide bonds. The van der Waals surface area contributed by atoms with Crippen molar-refractivity contribution in [3.05, 3.63) is 19.2 Å². The van der Waals surface area contributed by atoms with Gasteiger partial charge in [-0.25, -0.2) is 0 Å². The van der Waals surface area contributed by atoms with Gasteiger partial charge in [-0.2, -0.15) is 0 Å². The Kier molecular flexibility index (Phi) is 5.72. The maximum absolute atomic E-state index is 12.1. The topological polar surface area (TPSA) is 29.1 Å². The fourth-order valence-electron chi connectivity index (χ4n) is 2.40. The molecule has 18 heavy (non-hydrogen) atoms. The first-order chi connectivity index (χ1) is 8.61. The summed E-state index contributed by atoms with van der Waals surface area (Å²) in [5.41, 5.74) is 0.722. The molecule has 1 heterocycles. The van der Waals surface area contributed by atoms with Gasteiger partial charge in [0.1, 0.15) is 0 Å². The molecule has 0 radical (unpaired) electrons. The van der Waals surface area contributed by atoms with Gasteiger partial charge in [-0.15, -0.1) is 11.3 Å². The van der Waals surface area contributed by atoms with Gasteiger partial charge in [-0.1, -0.05) is 22.4 Å². The molecule has 1 aromatic rings. The smallest absolute Gasteiger partial charge is 0.253 e. The highest BCUT2D eigenvalue weighted by Gasteiger charge is 2.26. The van der Waals surface area contributed by atoms with Gasteiger partial charge in [0.2, 0.25) is 0 Å². The van der Waals surface area contributed by atoms with Gasteiger partial charge in [0.15, 0.2) is 0 Å². The molecule has 0 aromatic carbocycles. The molecule has 0 spiro atoms. The van der Waals surface area contributed by atoms with Crippen LogP contribution in [0.1, 0.15) is 29.6 Å². The van der Waals surface area contributed by atoms with Crippen LogP contribution in [0.5, 0.6) is 0 Å². The molecular formula is C12H14Br3NOS. The van der Waals surface area contributed by atoms with E-state index in [-0.39, 0.29) is 5.91 Å². The summed E-state index contributed by atoms with van der Waals surface area (Å²) in [5.74, 6) is 1.35. The second-order valence-electron chi connectivity index (χ2n) is 4.55. The summed E-state index contributed by atoms with van der Waals surface area (Å²) < 4.78 is 1.86. The van der Waals surface area contributed by atoms with Crippen molar-refractivity contribution in [2.45, 2.75) is 19.3 Å².